The predicted molar refractivity (Wildman–Crippen MR) is 137 cm³/mol. The second kappa shape index (κ2) is 7.25. The zero-order valence-corrected chi connectivity index (χ0v) is 23.5. The molecule has 0 radical (unpaired) electrons. The molecule has 5 heteroatoms. The van der Waals surface area contributed by atoms with Crippen LogP contribution in [-0.2, 0) is 19.1 Å². The summed E-state index contributed by atoms with van der Waals surface area (Å²) < 4.78 is 11.5. The van der Waals surface area contributed by atoms with Crippen LogP contribution in [0.5, 0.6) is 0 Å². The van der Waals surface area contributed by atoms with Gasteiger partial charge in [-0.25, -0.2) is 0 Å². The number of epoxide rings is 1. The van der Waals surface area contributed by atoms with Gasteiger partial charge in [-0.05, 0) is 84.5 Å². The summed E-state index contributed by atoms with van der Waals surface area (Å²) in [5.41, 5.74) is -0.394. The summed E-state index contributed by atoms with van der Waals surface area (Å²) in [6.45, 7) is 16.1. The molecule has 12 atom stereocenters. The third-order valence-corrected chi connectivity index (χ3v) is 13.6. The first kappa shape index (κ1) is 25.1. The first-order chi connectivity index (χ1) is 16.7. The molecule has 0 amide bonds. The third-order valence-electron chi connectivity index (χ3n) is 13.6. The number of allylic oxidation sites excluding steroid dienone is 2. The molecule has 5 nitrogen and oxygen atoms in total. The van der Waals surface area contributed by atoms with Gasteiger partial charge in [-0.15, -0.1) is 0 Å². The van der Waals surface area contributed by atoms with Crippen LogP contribution in [0.15, 0.2) is 11.6 Å². The fourth-order valence-corrected chi connectivity index (χ4v) is 11.3. The van der Waals surface area contributed by atoms with Crippen LogP contribution in [-0.4, -0.2) is 42.3 Å². The van der Waals surface area contributed by atoms with E-state index in [1.165, 1.54) is 12.7 Å². The van der Waals surface area contributed by atoms with Gasteiger partial charge in [0, 0.05) is 11.3 Å². The van der Waals surface area contributed by atoms with Crippen molar-refractivity contribution >= 4 is 11.8 Å². The number of ketones is 1. The molecular formula is C31H46O5. The van der Waals surface area contributed by atoms with E-state index in [4.69, 9.17) is 9.47 Å². The van der Waals surface area contributed by atoms with Gasteiger partial charge in [-0.1, -0.05) is 54.0 Å². The van der Waals surface area contributed by atoms with Crippen molar-refractivity contribution in [2.24, 2.45) is 56.7 Å². The molecule has 0 aromatic rings. The molecular weight excluding hydrogens is 452 g/mol. The van der Waals surface area contributed by atoms with Gasteiger partial charge in [-0.3, -0.25) is 9.59 Å². The normalized spacial score (nSPS) is 56.7. The number of carbonyl (C=O) groups is 2. The Morgan fingerprint density at radius 1 is 1.06 bits per heavy atom. The molecule has 0 spiro atoms. The maximum atomic E-state index is 14.4. The van der Waals surface area contributed by atoms with Crippen LogP contribution >= 0.6 is 0 Å². The minimum atomic E-state index is -0.626. The van der Waals surface area contributed by atoms with Gasteiger partial charge < -0.3 is 14.6 Å². The Morgan fingerprint density at radius 2 is 1.75 bits per heavy atom. The number of ether oxygens (including phenoxy) is 2. The van der Waals surface area contributed by atoms with Gasteiger partial charge in [0.2, 0.25) is 0 Å². The Labute approximate surface area is 216 Å². The van der Waals surface area contributed by atoms with E-state index >= 15 is 0 Å². The lowest BCUT2D eigenvalue weighted by molar-refractivity contribution is -0.211. The molecule has 0 bridgehead atoms. The summed E-state index contributed by atoms with van der Waals surface area (Å²) in [6, 6.07) is 0. The molecule has 4 saturated carbocycles. The maximum Gasteiger partial charge on any atom is 0.312 e. The molecule has 1 aliphatic heterocycles. The zero-order valence-electron chi connectivity index (χ0n) is 23.5. The van der Waals surface area contributed by atoms with Crippen molar-refractivity contribution in [3.63, 3.8) is 0 Å². The number of fused-ring (bicyclic) bond motifs is 8. The number of aliphatic hydroxyl groups is 1. The fraction of sp³-hybridized carbons (Fsp3) is 0.871. The summed E-state index contributed by atoms with van der Waals surface area (Å²) in [4.78, 5) is 27.8. The molecule has 5 unspecified atom stereocenters. The predicted octanol–water partition coefficient (Wildman–Crippen LogP) is 5.34. The fourth-order valence-electron chi connectivity index (χ4n) is 11.3. The van der Waals surface area contributed by atoms with E-state index in [1.54, 1.807) is 0 Å². The van der Waals surface area contributed by atoms with Crippen molar-refractivity contribution in [2.45, 2.75) is 105 Å². The molecule has 0 aromatic carbocycles. The average molecular weight is 499 g/mol. The van der Waals surface area contributed by atoms with Crippen molar-refractivity contribution in [3.05, 3.63) is 11.6 Å². The Balaban J connectivity index is 1.52. The first-order valence-electron chi connectivity index (χ1n) is 14.4. The highest BCUT2D eigenvalue weighted by Crippen LogP contribution is 2.76. The standard InChI is InChI=1S/C31H46O5/c1-16-9-12-31(26(34)35-8)14-13-28(5)18(21(31)17(16)2)15-19(32)23-29(28,6)11-10-20-27(3,4)25-22(36-25)24(33)30(20,23)7/h15-17,20-25,33H,9-14H2,1-8H3/t16-,17+,20?,21?,22?,23?,24+,25?,28-,29-,30+,31+/m1/s1. The van der Waals surface area contributed by atoms with E-state index in [2.05, 4.69) is 48.5 Å². The first-order valence-corrected chi connectivity index (χ1v) is 14.4. The third kappa shape index (κ3) is 2.61. The van der Waals surface area contributed by atoms with E-state index in [1.807, 2.05) is 6.08 Å². The SMILES string of the molecule is COC(=O)[C@]12CC[C@@H](C)[C@H](C)C1C1=CC(=O)C3[C@]4(C)C(CC[C@@]3(C)[C@]1(C)CC2)C(C)(C)C1OC1[C@@H]4O. The highest BCUT2D eigenvalue weighted by Gasteiger charge is 2.77. The van der Waals surface area contributed by atoms with Gasteiger partial charge in [0.05, 0.1) is 24.7 Å². The number of rotatable bonds is 1. The number of carbonyl (C=O) groups excluding carboxylic acids is 2. The Morgan fingerprint density at radius 3 is 2.42 bits per heavy atom. The molecule has 36 heavy (non-hydrogen) atoms. The Bertz CT molecular complexity index is 1050. The molecule has 5 aliphatic carbocycles. The van der Waals surface area contributed by atoms with Crippen molar-refractivity contribution < 1.29 is 24.2 Å². The minimum absolute atomic E-state index is 0.0311. The second-order valence-corrected chi connectivity index (χ2v) is 14.9. The van der Waals surface area contributed by atoms with E-state index in [0.29, 0.717) is 11.8 Å². The number of aliphatic hydroxyl groups excluding tert-OH is 1. The number of methoxy groups -OCH3 is 1. The van der Waals surface area contributed by atoms with Crippen LogP contribution in [0.4, 0.5) is 0 Å². The Hall–Kier alpha value is -1.20. The van der Waals surface area contributed by atoms with Crippen molar-refractivity contribution in [2.75, 3.05) is 7.11 Å². The van der Waals surface area contributed by atoms with E-state index in [0.717, 1.165) is 38.5 Å². The monoisotopic (exact) mass is 498 g/mol. The lowest BCUT2D eigenvalue weighted by atomic mass is 9.33. The van der Waals surface area contributed by atoms with Crippen LogP contribution in [0.1, 0.15) is 87.0 Å². The maximum absolute atomic E-state index is 14.4. The molecule has 5 fully saturated rings. The van der Waals surface area contributed by atoms with Gasteiger partial charge in [0.15, 0.2) is 5.78 Å². The topological polar surface area (TPSA) is 76.1 Å². The van der Waals surface area contributed by atoms with E-state index in [9.17, 15) is 14.7 Å². The summed E-state index contributed by atoms with van der Waals surface area (Å²) >= 11 is 0. The van der Waals surface area contributed by atoms with Gasteiger partial charge in [0.25, 0.3) is 0 Å². The van der Waals surface area contributed by atoms with Crippen LogP contribution < -0.4 is 0 Å². The van der Waals surface area contributed by atoms with Crippen LogP contribution in [0.3, 0.4) is 0 Å². The average Bonchev–Trinajstić information content (AvgIpc) is 3.63. The summed E-state index contributed by atoms with van der Waals surface area (Å²) in [5.74, 6) is 0.889. The summed E-state index contributed by atoms with van der Waals surface area (Å²) in [6.07, 6.45) is 6.79. The molecule has 0 aromatic heterocycles. The van der Waals surface area contributed by atoms with Crippen molar-refractivity contribution in [1.82, 2.24) is 0 Å². The highest BCUT2D eigenvalue weighted by molar-refractivity contribution is 5.96. The quantitative estimate of drug-likeness (QED) is 0.390. The lowest BCUT2D eigenvalue weighted by Crippen LogP contribution is -2.70. The summed E-state index contributed by atoms with van der Waals surface area (Å²) in [7, 11) is 1.52. The lowest BCUT2D eigenvalue weighted by Gasteiger charge is -2.70. The van der Waals surface area contributed by atoms with E-state index in [-0.39, 0.29) is 58.0 Å². The van der Waals surface area contributed by atoms with Crippen molar-refractivity contribution in [3.8, 4) is 0 Å². The molecule has 6 aliphatic rings. The van der Waals surface area contributed by atoms with E-state index < -0.39 is 16.9 Å². The molecule has 1 saturated heterocycles. The van der Waals surface area contributed by atoms with Crippen LogP contribution in [0.25, 0.3) is 0 Å². The molecule has 1 N–H and O–H groups in total. The molecule has 6 rings (SSSR count). The number of esters is 1. The van der Waals surface area contributed by atoms with Crippen LogP contribution in [0, 0.1) is 56.7 Å². The second-order valence-electron chi connectivity index (χ2n) is 14.9. The van der Waals surface area contributed by atoms with Crippen LogP contribution in [0.2, 0.25) is 0 Å². The smallest absolute Gasteiger partial charge is 0.312 e. The summed E-state index contributed by atoms with van der Waals surface area (Å²) in [5, 5.41) is 11.7. The van der Waals surface area contributed by atoms with Gasteiger partial charge >= 0.3 is 5.97 Å². The molecule has 1 heterocycles. The van der Waals surface area contributed by atoms with Crippen molar-refractivity contribution in [1.29, 1.82) is 0 Å². The Kier molecular flexibility index (Phi) is 5.06. The van der Waals surface area contributed by atoms with Gasteiger partial charge in [0.1, 0.15) is 6.10 Å². The number of hydrogen-bond acceptors (Lipinski definition) is 5. The van der Waals surface area contributed by atoms with Gasteiger partial charge in [-0.2, -0.15) is 0 Å². The number of hydrogen-bond donors (Lipinski definition) is 1. The zero-order chi connectivity index (χ0) is 26.2. The molecule has 200 valence electrons. The minimum Gasteiger partial charge on any atom is -0.469 e. The highest BCUT2D eigenvalue weighted by atomic mass is 16.6. The largest absolute Gasteiger partial charge is 0.469 e.